The highest BCUT2D eigenvalue weighted by Gasteiger charge is 2.20. The minimum Gasteiger partial charge on any atom is -0.496 e. The number of rotatable bonds is 4. The summed E-state index contributed by atoms with van der Waals surface area (Å²) in [7, 11) is 1.63. The molecule has 0 aliphatic heterocycles. The summed E-state index contributed by atoms with van der Waals surface area (Å²) in [4.78, 5) is 12.7. The Morgan fingerprint density at radius 1 is 1.10 bits per heavy atom. The van der Waals surface area contributed by atoms with Crippen molar-refractivity contribution in [3.05, 3.63) is 64.7 Å². The molecule has 0 unspecified atom stereocenters. The number of hydrogen-bond donors (Lipinski definition) is 0. The minimum atomic E-state index is 0.0643. The number of ether oxygens (including phenoxy) is 1. The van der Waals surface area contributed by atoms with Crippen molar-refractivity contribution in [1.29, 1.82) is 0 Å². The molecule has 0 radical (unpaired) electrons. The van der Waals surface area contributed by atoms with Crippen LogP contribution in [0, 0.1) is 6.92 Å². The van der Waals surface area contributed by atoms with Crippen LogP contribution in [-0.4, -0.2) is 12.9 Å². The molecule has 0 atom stereocenters. The van der Waals surface area contributed by atoms with Crippen LogP contribution in [0.4, 0.5) is 0 Å². The highest BCUT2D eigenvalue weighted by atomic mass is 16.5. The number of ketones is 1. The molecule has 0 spiro atoms. The van der Waals surface area contributed by atoms with Gasteiger partial charge in [-0.2, -0.15) is 0 Å². The van der Waals surface area contributed by atoms with Gasteiger partial charge in [-0.1, -0.05) is 36.8 Å². The van der Waals surface area contributed by atoms with Gasteiger partial charge in [0.05, 0.1) is 7.11 Å². The quantitative estimate of drug-likeness (QED) is 0.771. The summed E-state index contributed by atoms with van der Waals surface area (Å²) in [6.45, 7) is 1.98. The van der Waals surface area contributed by atoms with Crippen LogP contribution in [0.3, 0.4) is 0 Å². The van der Waals surface area contributed by atoms with Gasteiger partial charge in [-0.05, 0) is 48.9 Å². The maximum atomic E-state index is 12.7. The molecule has 2 aromatic carbocycles. The normalized spacial score (nSPS) is 14.6. The summed E-state index contributed by atoms with van der Waals surface area (Å²) in [6, 6.07) is 13.7. The Kier molecular flexibility index (Phi) is 3.78. The average Bonchev–Trinajstić information content (AvgIpc) is 2.45. The Labute approximate surface area is 125 Å². The van der Waals surface area contributed by atoms with Gasteiger partial charge in [-0.3, -0.25) is 4.79 Å². The molecule has 0 amide bonds. The smallest absolute Gasteiger partial charge is 0.193 e. The van der Waals surface area contributed by atoms with Gasteiger partial charge in [0.25, 0.3) is 0 Å². The van der Waals surface area contributed by atoms with E-state index >= 15 is 0 Å². The van der Waals surface area contributed by atoms with E-state index in [0.717, 1.165) is 16.9 Å². The lowest BCUT2D eigenvalue weighted by Gasteiger charge is -2.26. The predicted octanol–water partition coefficient (Wildman–Crippen LogP) is 4.50. The standard InChI is InChI=1S/C19H20O2/c1-13-9-10-17(12-18(13)21-2)19(20)16-8-4-7-15(11-16)14-5-3-6-14/h4,7-12,14H,3,5-6H2,1-2H3. The molecule has 1 aliphatic carbocycles. The average molecular weight is 280 g/mol. The molecule has 2 heteroatoms. The zero-order chi connectivity index (χ0) is 14.8. The monoisotopic (exact) mass is 280 g/mol. The Balaban J connectivity index is 1.91. The number of benzene rings is 2. The largest absolute Gasteiger partial charge is 0.496 e. The van der Waals surface area contributed by atoms with Gasteiger partial charge in [0.2, 0.25) is 0 Å². The third kappa shape index (κ3) is 2.71. The SMILES string of the molecule is COc1cc(C(=O)c2cccc(C3CCC3)c2)ccc1C. The molecule has 2 nitrogen and oxygen atoms in total. The van der Waals surface area contributed by atoms with E-state index in [1.54, 1.807) is 7.11 Å². The van der Waals surface area contributed by atoms with Gasteiger partial charge < -0.3 is 4.74 Å². The van der Waals surface area contributed by atoms with Crippen LogP contribution in [0.2, 0.25) is 0 Å². The molecule has 1 fully saturated rings. The number of carbonyl (C=O) groups excluding carboxylic acids is 1. The van der Waals surface area contributed by atoms with Gasteiger partial charge in [-0.25, -0.2) is 0 Å². The molecule has 2 aromatic rings. The second-order valence-corrected chi connectivity index (χ2v) is 5.77. The Hall–Kier alpha value is -2.09. The van der Waals surface area contributed by atoms with Crippen molar-refractivity contribution < 1.29 is 9.53 Å². The highest BCUT2D eigenvalue weighted by molar-refractivity contribution is 6.09. The maximum absolute atomic E-state index is 12.7. The number of methoxy groups -OCH3 is 1. The molecule has 3 rings (SSSR count). The third-order valence-corrected chi connectivity index (χ3v) is 4.40. The summed E-state index contributed by atoms with van der Waals surface area (Å²) < 4.78 is 5.31. The topological polar surface area (TPSA) is 26.3 Å². The van der Waals surface area contributed by atoms with Crippen molar-refractivity contribution in [3.63, 3.8) is 0 Å². The van der Waals surface area contributed by atoms with Crippen molar-refractivity contribution >= 4 is 5.78 Å². The fraction of sp³-hybridized carbons (Fsp3) is 0.316. The maximum Gasteiger partial charge on any atom is 0.193 e. The van der Waals surface area contributed by atoms with E-state index in [0.29, 0.717) is 11.5 Å². The van der Waals surface area contributed by atoms with Gasteiger partial charge in [0.1, 0.15) is 5.75 Å². The zero-order valence-corrected chi connectivity index (χ0v) is 12.6. The molecular formula is C19H20O2. The fourth-order valence-electron chi connectivity index (χ4n) is 2.80. The van der Waals surface area contributed by atoms with Crippen molar-refractivity contribution in [2.75, 3.05) is 7.11 Å². The van der Waals surface area contributed by atoms with Gasteiger partial charge in [0.15, 0.2) is 5.78 Å². The molecule has 0 aromatic heterocycles. The van der Waals surface area contributed by atoms with Crippen LogP contribution < -0.4 is 4.74 Å². The zero-order valence-electron chi connectivity index (χ0n) is 12.6. The molecule has 108 valence electrons. The summed E-state index contributed by atoms with van der Waals surface area (Å²) in [5.41, 5.74) is 3.79. The van der Waals surface area contributed by atoms with E-state index in [1.807, 2.05) is 37.3 Å². The van der Waals surface area contributed by atoms with Crippen LogP contribution in [0.25, 0.3) is 0 Å². The first-order valence-corrected chi connectivity index (χ1v) is 7.48. The lowest BCUT2D eigenvalue weighted by molar-refractivity contribution is 0.103. The molecule has 1 saturated carbocycles. The van der Waals surface area contributed by atoms with Crippen molar-refractivity contribution in [2.45, 2.75) is 32.1 Å². The third-order valence-electron chi connectivity index (χ3n) is 4.40. The van der Waals surface area contributed by atoms with Gasteiger partial charge >= 0.3 is 0 Å². The van der Waals surface area contributed by atoms with Gasteiger partial charge in [0, 0.05) is 11.1 Å². The molecule has 0 bridgehead atoms. The van der Waals surface area contributed by atoms with Crippen molar-refractivity contribution in [1.82, 2.24) is 0 Å². The molecule has 21 heavy (non-hydrogen) atoms. The first-order chi connectivity index (χ1) is 10.2. The van der Waals surface area contributed by atoms with Crippen LogP contribution in [0.5, 0.6) is 5.75 Å². The predicted molar refractivity (Wildman–Crippen MR) is 84.2 cm³/mol. The highest BCUT2D eigenvalue weighted by Crippen LogP contribution is 2.36. The summed E-state index contributed by atoms with van der Waals surface area (Å²) in [5, 5.41) is 0. The number of carbonyl (C=O) groups is 1. The molecular weight excluding hydrogens is 260 g/mol. The summed E-state index contributed by atoms with van der Waals surface area (Å²) >= 11 is 0. The van der Waals surface area contributed by atoms with E-state index in [-0.39, 0.29) is 5.78 Å². The lowest BCUT2D eigenvalue weighted by Crippen LogP contribution is -2.10. The van der Waals surface area contributed by atoms with E-state index in [1.165, 1.54) is 24.8 Å². The molecule has 1 aliphatic rings. The molecule has 0 heterocycles. The molecule has 0 N–H and O–H groups in total. The second kappa shape index (κ2) is 5.72. The van der Waals surface area contributed by atoms with Crippen LogP contribution in [0.15, 0.2) is 42.5 Å². The van der Waals surface area contributed by atoms with E-state index in [4.69, 9.17) is 4.74 Å². The minimum absolute atomic E-state index is 0.0643. The van der Waals surface area contributed by atoms with Crippen LogP contribution >= 0.6 is 0 Å². The van der Waals surface area contributed by atoms with E-state index in [2.05, 4.69) is 12.1 Å². The van der Waals surface area contributed by atoms with Gasteiger partial charge in [-0.15, -0.1) is 0 Å². The second-order valence-electron chi connectivity index (χ2n) is 5.77. The van der Waals surface area contributed by atoms with E-state index < -0.39 is 0 Å². The van der Waals surface area contributed by atoms with Crippen LogP contribution in [-0.2, 0) is 0 Å². The van der Waals surface area contributed by atoms with E-state index in [9.17, 15) is 4.79 Å². The van der Waals surface area contributed by atoms with Crippen molar-refractivity contribution in [2.24, 2.45) is 0 Å². The first kappa shape index (κ1) is 13.9. The Morgan fingerprint density at radius 3 is 2.52 bits per heavy atom. The number of aryl methyl sites for hydroxylation is 1. The summed E-state index contributed by atoms with van der Waals surface area (Å²) in [6.07, 6.45) is 3.80. The van der Waals surface area contributed by atoms with Crippen molar-refractivity contribution in [3.8, 4) is 5.75 Å². The summed E-state index contributed by atoms with van der Waals surface area (Å²) in [5.74, 6) is 1.47. The lowest BCUT2D eigenvalue weighted by atomic mass is 9.79. The molecule has 0 saturated heterocycles. The Morgan fingerprint density at radius 2 is 1.86 bits per heavy atom. The fourth-order valence-corrected chi connectivity index (χ4v) is 2.80. The number of hydrogen-bond acceptors (Lipinski definition) is 2. The van der Waals surface area contributed by atoms with Crippen LogP contribution in [0.1, 0.15) is 52.2 Å². The Bertz CT molecular complexity index is 669. The first-order valence-electron chi connectivity index (χ1n) is 7.48.